The number of nitrogens with one attached hydrogen (secondary N) is 2. The minimum Gasteiger partial charge on any atom is -0.381 e. The number of hydrogen-bond donors (Lipinski definition) is 2. The van der Waals surface area contributed by atoms with E-state index in [4.69, 9.17) is 9.47 Å². The van der Waals surface area contributed by atoms with Crippen molar-refractivity contribution in [1.29, 1.82) is 0 Å². The standard InChI is InChI=1S/C18H32N4O2/c1-3-19-18(21-13-17-5-9-22(2)14-17)20-8-4-10-24-15-16-6-11-23-12-7-16/h5,9,14,16H,3-4,6-8,10-13,15H2,1-2H3,(H2,19,20,21). The molecule has 6 nitrogen and oxygen atoms in total. The van der Waals surface area contributed by atoms with E-state index in [1.165, 1.54) is 5.56 Å². The monoisotopic (exact) mass is 336 g/mol. The molecule has 1 saturated heterocycles. The lowest BCUT2D eigenvalue weighted by Gasteiger charge is -2.21. The van der Waals surface area contributed by atoms with Crippen molar-refractivity contribution in [2.24, 2.45) is 18.0 Å². The van der Waals surface area contributed by atoms with Gasteiger partial charge >= 0.3 is 0 Å². The van der Waals surface area contributed by atoms with Crippen LogP contribution >= 0.6 is 0 Å². The van der Waals surface area contributed by atoms with Gasteiger partial charge in [0, 0.05) is 59.0 Å². The van der Waals surface area contributed by atoms with Crippen LogP contribution in [0.15, 0.2) is 23.5 Å². The summed E-state index contributed by atoms with van der Waals surface area (Å²) in [5.74, 6) is 1.54. The molecule has 0 saturated carbocycles. The van der Waals surface area contributed by atoms with Crippen LogP contribution in [0, 0.1) is 5.92 Å². The number of aliphatic imine (C=N–C) groups is 1. The molecular weight excluding hydrogens is 304 g/mol. The lowest BCUT2D eigenvalue weighted by Crippen LogP contribution is -2.38. The van der Waals surface area contributed by atoms with Crippen molar-refractivity contribution in [2.45, 2.75) is 32.7 Å². The van der Waals surface area contributed by atoms with Crippen molar-refractivity contribution < 1.29 is 9.47 Å². The summed E-state index contributed by atoms with van der Waals surface area (Å²) in [7, 11) is 2.02. The van der Waals surface area contributed by atoms with E-state index in [0.717, 1.165) is 64.7 Å². The highest BCUT2D eigenvalue weighted by atomic mass is 16.5. The third kappa shape index (κ3) is 7.36. The Labute approximate surface area is 145 Å². The van der Waals surface area contributed by atoms with Crippen LogP contribution in [0.4, 0.5) is 0 Å². The first-order valence-corrected chi connectivity index (χ1v) is 9.06. The van der Waals surface area contributed by atoms with Gasteiger partial charge in [-0.25, -0.2) is 4.99 Å². The summed E-state index contributed by atoms with van der Waals surface area (Å²) in [6, 6.07) is 2.09. The highest BCUT2D eigenvalue weighted by Crippen LogP contribution is 2.14. The lowest BCUT2D eigenvalue weighted by molar-refractivity contribution is 0.0203. The first-order valence-electron chi connectivity index (χ1n) is 9.06. The van der Waals surface area contributed by atoms with Gasteiger partial charge in [-0.3, -0.25) is 0 Å². The second-order valence-corrected chi connectivity index (χ2v) is 6.29. The van der Waals surface area contributed by atoms with E-state index in [1.54, 1.807) is 0 Å². The molecule has 24 heavy (non-hydrogen) atoms. The Kier molecular flexibility index (Phi) is 8.70. The van der Waals surface area contributed by atoms with E-state index >= 15 is 0 Å². The van der Waals surface area contributed by atoms with E-state index in [2.05, 4.69) is 34.8 Å². The van der Waals surface area contributed by atoms with Crippen LogP contribution in [0.25, 0.3) is 0 Å². The van der Waals surface area contributed by atoms with Gasteiger partial charge in [-0.2, -0.15) is 0 Å². The number of guanidine groups is 1. The molecule has 2 N–H and O–H groups in total. The fourth-order valence-electron chi connectivity index (χ4n) is 2.71. The summed E-state index contributed by atoms with van der Waals surface area (Å²) in [5.41, 5.74) is 1.22. The molecule has 0 aliphatic carbocycles. The predicted molar refractivity (Wildman–Crippen MR) is 97.2 cm³/mol. The second kappa shape index (κ2) is 11.1. The van der Waals surface area contributed by atoms with Crippen molar-refractivity contribution in [3.05, 3.63) is 24.0 Å². The van der Waals surface area contributed by atoms with E-state index in [1.807, 2.05) is 17.8 Å². The van der Waals surface area contributed by atoms with Crippen molar-refractivity contribution in [2.75, 3.05) is 39.5 Å². The largest absolute Gasteiger partial charge is 0.381 e. The second-order valence-electron chi connectivity index (χ2n) is 6.29. The Balaban J connectivity index is 1.58. The molecule has 6 heteroatoms. The third-order valence-electron chi connectivity index (χ3n) is 4.11. The zero-order chi connectivity index (χ0) is 17.0. The zero-order valence-corrected chi connectivity index (χ0v) is 15.1. The van der Waals surface area contributed by atoms with Gasteiger partial charge in [0.2, 0.25) is 0 Å². The molecule has 1 aliphatic heterocycles. The number of nitrogens with zero attached hydrogens (tertiary/aromatic N) is 2. The average molecular weight is 336 g/mol. The van der Waals surface area contributed by atoms with Gasteiger partial charge in [0.25, 0.3) is 0 Å². The van der Waals surface area contributed by atoms with Crippen LogP contribution in [-0.2, 0) is 23.1 Å². The van der Waals surface area contributed by atoms with Crippen molar-refractivity contribution in [3.8, 4) is 0 Å². The summed E-state index contributed by atoms with van der Waals surface area (Å²) in [4.78, 5) is 4.61. The molecule has 0 amide bonds. The van der Waals surface area contributed by atoms with Crippen LogP contribution in [0.2, 0.25) is 0 Å². The molecule has 2 heterocycles. The van der Waals surface area contributed by atoms with Gasteiger partial charge in [-0.15, -0.1) is 0 Å². The molecule has 0 atom stereocenters. The molecule has 2 rings (SSSR count). The fourth-order valence-corrected chi connectivity index (χ4v) is 2.71. The van der Waals surface area contributed by atoms with E-state index in [9.17, 15) is 0 Å². The summed E-state index contributed by atoms with van der Waals surface area (Å²) < 4.78 is 13.2. The number of aromatic nitrogens is 1. The van der Waals surface area contributed by atoms with Crippen LogP contribution < -0.4 is 10.6 Å². The maximum absolute atomic E-state index is 5.79. The van der Waals surface area contributed by atoms with Crippen LogP contribution in [0.3, 0.4) is 0 Å². The number of hydrogen-bond acceptors (Lipinski definition) is 3. The molecule has 0 aromatic carbocycles. The molecular formula is C18H32N4O2. The number of ether oxygens (including phenoxy) is 2. The summed E-state index contributed by atoms with van der Waals surface area (Å²) in [6.07, 6.45) is 7.39. The molecule has 1 aromatic rings. The fraction of sp³-hybridized carbons (Fsp3) is 0.722. The lowest BCUT2D eigenvalue weighted by atomic mass is 10.0. The zero-order valence-electron chi connectivity index (χ0n) is 15.1. The van der Waals surface area contributed by atoms with Gasteiger partial charge in [0.1, 0.15) is 0 Å². The van der Waals surface area contributed by atoms with Crippen LogP contribution in [0.5, 0.6) is 0 Å². The Hall–Kier alpha value is -1.53. The number of rotatable bonds is 9. The molecule has 136 valence electrons. The minimum absolute atomic E-state index is 0.677. The van der Waals surface area contributed by atoms with Gasteiger partial charge in [-0.05, 0) is 43.7 Å². The van der Waals surface area contributed by atoms with Gasteiger partial charge < -0.3 is 24.7 Å². The Morgan fingerprint density at radius 1 is 1.38 bits per heavy atom. The maximum Gasteiger partial charge on any atom is 0.191 e. The molecule has 1 aliphatic rings. The smallest absolute Gasteiger partial charge is 0.191 e. The van der Waals surface area contributed by atoms with Gasteiger partial charge in [0.05, 0.1) is 6.54 Å². The third-order valence-corrected chi connectivity index (χ3v) is 4.11. The molecule has 0 spiro atoms. The summed E-state index contributed by atoms with van der Waals surface area (Å²) in [5, 5.41) is 6.65. The van der Waals surface area contributed by atoms with Gasteiger partial charge in [0.15, 0.2) is 5.96 Å². The predicted octanol–water partition coefficient (Wildman–Crippen LogP) is 1.91. The Morgan fingerprint density at radius 2 is 2.21 bits per heavy atom. The summed E-state index contributed by atoms with van der Waals surface area (Å²) >= 11 is 0. The van der Waals surface area contributed by atoms with Crippen LogP contribution in [0.1, 0.15) is 31.7 Å². The summed E-state index contributed by atoms with van der Waals surface area (Å²) in [6.45, 7) is 7.94. The van der Waals surface area contributed by atoms with E-state index in [-0.39, 0.29) is 0 Å². The number of aryl methyl sites for hydroxylation is 1. The van der Waals surface area contributed by atoms with Crippen molar-refractivity contribution in [3.63, 3.8) is 0 Å². The highest BCUT2D eigenvalue weighted by molar-refractivity contribution is 5.79. The minimum atomic E-state index is 0.677. The first kappa shape index (κ1) is 18.8. The quantitative estimate of drug-likeness (QED) is 0.411. The van der Waals surface area contributed by atoms with E-state index < -0.39 is 0 Å². The van der Waals surface area contributed by atoms with Crippen molar-refractivity contribution >= 4 is 5.96 Å². The normalized spacial score (nSPS) is 16.3. The SMILES string of the molecule is CCNC(=NCc1ccn(C)c1)NCCCOCC1CCOCC1. The molecule has 0 radical (unpaired) electrons. The molecule has 1 aromatic heterocycles. The van der Waals surface area contributed by atoms with Gasteiger partial charge in [-0.1, -0.05) is 0 Å². The first-order chi connectivity index (χ1) is 11.8. The van der Waals surface area contributed by atoms with Crippen LogP contribution in [-0.4, -0.2) is 50.0 Å². The molecule has 0 unspecified atom stereocenters. The Morgan fingerprint density at radius 3 is 2.92 bits per heavy atom. The highest BCUT2D eigenvalue weighted by Gasteiger charge is 2.13. The Bertz CT molecular complexity index is 481. The maximum atomic E-state index is 5.79. The van der Waals surface area contributed by atoms with E-state index in [0.29, 0.717) is 12.5 Å². The topological polar surface area (TPSA) is 59.8 Å². The molecule has 1 fully saturated rings. The van der Waals surface area contributed by atoms with Crippen molar-refractivity contribution in [1.82, 2.24) is 15.2 Å². The average Bonchev–Trinajstić information content (AvgIpc) is 3.02. The molecule has 0 bridgehead atoms.